The molecule has 162 valence electrons. The molecule has 1 aromatic carbocycles. The summed E-state index contributed by atoms with van der Waals surface area (Å²) in [6.07, 6.45) is 3.91. The summed E-state index contributed by atoms with van der Waals surface area (Å²) in [5.41, 5.74) is 3.57. The minimum atomic E-state index is -0.335. The van der Waals surface area contributed by atoms with E-state index in [2.05, 4.69) is 21.3 Å². The molecule has 0 aliphatic carbocycles. The number of likely N-dealkylation sites (tertiary alicyclic amines) is 1. The van der Waals surface area contributed by atoms with Crippen molar-refractivity contribution in [2.75, 3.05) is 49.6 Å². The molecule has 2 aromatic heterocycles. The molecule has 0 unspecified atom stereocenters. The largest absolute Gasteiger partial charge is 0.378 e. The van der Waals surface area contributed by atoms with Gasteiger partial charge in [-0.15, -0.1) is 0 Å². The monoisotopic (exact) mass is 423 g/mol. The number of pyridine rings is 1. The van der Waals surface area contributed by atoms with Crippen LogP contribution in [0.4, 0.5) is 20.6 Å². The van der Waals surface area contributed by atoms with E-state index in [1.54, 1.807) is 17.0 Å². The van der Waals surface area contributed by atoms with Crippen molar-refractivity contribution in [3.63, 3.8) is 0 Å². The number of urea groups is 1. The highest BCUT2D eigenvalue weighted by Crippen LogP contribution is 2.32. The molecule has 0 spiro atoms. The second kappa shape index (κ2) is 8.19. The van der Waals surface area contributed by atoms with Crippen molar-refractivity contribution in [2.45, 2.75) is 12.8 Å². The molecule has 7 nitrogen and oxygen atoms in total. The number of hydrogen-bond acceptors (Lipinski definition) is 4. The Labute approximate surface area is 180 Å². The highest BCUT2D eigenvalue weighted by Gasteiger charge is 2.20. The Morgan fingerprint density at radius 2 is 1.87 bits per heavy atom. The van der Waals surface area contributed by atoms with Crippen LogP contribution < -0.4 is 10.2 Å². The fraction of sp³-hybridized carbons (Fsp3) is 0.391. The Kier molecular flexibility index (Phi) is 5.23. The van der Waals surface area contributed by atoms with Gasteiger partial charge in [0.15, 0.2) is 0 Å². The first-order valence-corrected chi connectivity index (χ1v) is 10.7. The van der Waals surface area contributed by atoms with Gasteiger partial charge in [-0.25, -0.2) is 14.2 Å². The maximum Gasteiger partial charge on any atom is 0.321 e. The van der Waals surface area contributed by atoms with Crippen molar-refractivity contribution in [2.24, 2.45) is 7.05 Å². The molecule has 3 aromatic rings. The highest BCUT2D eigenvalue weighted by molar-refractivity contribution is 5.91. The van der Waals surface area contributed by atoms with Crippen LogP contribution in [0, 0.1) is 5.82 Å². The van der Waals surface area contributed by atoms with Gasteiger partial charge in [0, 0.05) is 49.9 Å². The number of benzene rings is 1. The normalized spacial score (nSPS) is 16.8. The van der Waals surface area contributed by atoms with Gasteiger partial charge in [0.05, 0.1) is 30.8 Å². The Balaban J connectivity index is 1.46. The standard InChI is InChI=1S/C23H26FN5O2/c1-27-21(13-16-12-18(15-25-22(16)27)28-8-10-31-11-9-28)19-14-17(4-5-20(19)24)26-23(30)29-6-2-3-7-29/h4-5,12-15H,2-3,6-11H2,1H3,(H,26,30). The van der Waals surface area contributed by atoms with Gasteiger partial charge in [-0.1, -0.05) is 0 Å². The average Bonchev–Trinajstić information content (AvgIpc) is 3.44. The fourth-order valence-corrected chi connectivity index (χ4v) is 4.38. The van der Waals surface area contributed by atoms with Gasteiger partial charge < -0.3 is 24.4 Å². The molecular weight excluding hydrogens is 397 g/mol. The van der Waals surface area contributed by atoms with Crippen LogP contribution >= 0.6 is 0 Å². The third-order valence-corrected chi connectivity index (χ3v) is 6.12. The number of aryl methyl sites for hydroxylation is 1. The predicted octanol–water partition coefficient (Wildman–Crippen LogP) is 3.84. The van der Waals surface area contributed by atoms with E-state index in [0.717, 1.165) is 61.4 Å². The second-order valence-corrected chi connectivity index (χ2v) is 8.11. The number of hydrogen-bond donors (Lipinski definition) is 1. The number of amides is 2. The number of carbonyl (C=O) groups excluding carboxylic acids is 1. The molecule has 5 rings (SSSR count). The summed E-state index contributed by atoms with van der Waals surface area (Å²) >= 11 is 0. The zero-order valence-electron chi connectivity index (χ0n) is 17.6. The maximum absolute atomic E-state index is 14.8. The number of morpholine rings is 1. The van der Waals surface area contributed by atoms with E-state index in [9.17, 15) is 9.18 Å². The van der Waals surface area contributed by atoms with Crippen LogP contribution in [0.5, 0.6) is 0 Å². The lowest BCUT2D eigenvalue weighted by Crippen LogP contribution is -2.36. The van der Waals surface area contributed by atoms with Gasteiger partial charge in [-0.2, -0.15) is 0 Å². The zero-order valence-corrected chi connectivity index (χ0v) is 17.6. The predicted molar refractivity (Wildman–Crippen MR) is 119 cm³/mol. The van der Waals surface area contributed by atoms with Crippen molar-refractivity contribution in [3.05, 3.63) is 42.3 Å². The number of ether oxygens (including phenoxy) is 1. The molecule has 0 bridgehead atoms. The number of nitrogens with zero attached hydrogens (tertiary/aromatic N) is 4. The van der Waals surface area contributed by atoms with Crippen LogP contribution in [0.15, 0.2) is 36.5 Å². The molecular formula is C23H26FN5O2. The molecule has 1 N–H and O–H groups in total. The number of anilines is 2. The number of fused-ring (bicyclic) bond motifs is 1. The van der Waals surface area contributed by atoms with E-state index < -0.39 is 0 Å². The molecule has 2 aliphatic heterocycles. The van der Waals surface area contributed by atoms with Crippen LogP contribution in [-0.4, -0.2) is 59.9 Å². The molecule has 0 atom stereocenters. The number of aromatic nitrogens is 2. The van der Waals surface area contributed by atoms with Crippen LogP contribution in [-0.2, 0) is 11.8 Å². The number of carbonyl (C=O) groups is 1. The van der Waals surface area contributed by atoms with Gasteiger partial charge in [0.25, 0.3) is 0 Å². The molecule has 8 heteroatoms. The number of nitrogens with one attached hydrogen (secondary N) is 1. The molecule has 0 radical (unpaired) electrons. The van der Waals surface area contributed by atoms with E-state index in [1.165, 1.54) is 6.07 Å². The summed E-state index contributed by atoms with van der Waals surface area (Å²) in [6, 6.07) is 8.61. The molecule has 2 saturated heterocycles. The summed E-state index contributed by atoms with van der Waals surface area (Å²) in [5, 5.41) is 3.85. The van der Waals surface area contributed by atoms with Crippen molar-refractivity contribution in [1.29, 1.82) is 0 Å². The number of halogens is 1. The van der Waals surface area contributed by atoms with Gasteiger partial charge in [-0.3, -0.25) is 0 Å². The van der Waals surface area contributed by atoms with Gasteiger partial charge in [0.1, 0.15) is 11.5 Å². The zero-order chi connectivity index (χ0) is 21.4. The minimum absolute atomic E-state index is 0.135. The molecule has 2 amide bonds. The summed E-state index contributed by atoms with van der Waals surface area (Å²) in [7, 11) is 1.88. The SMILES string of the molecule is Cn1c(-c2cc(NC(=O)N3CCCC3)ccc2F)cc2cc(N3CCOCC3)cnc21. The van der Waals surface area contributed by atoms with E-state index in [0.29, 0.717) is 24.5 Å². The van der Waals surface area contributed by atoms with Crippen LogP contribution in [0.3, 0.4) is 0 Å². The van der Waals surface area contributed by atoms with Gasteiger partial charge in [-0.05, 0) is 43.2 Å². The third-order valence-electron chi connectivity index (χ3n) is 6.12. The highest BCUT2D eigenvalue weighted by atomic mass is 19.1. The third kappa shape index (κ3) is 3.83. The van der Waals surface area contributed by atoms with Crippen molar-refractivity contribution in [3.8, 4) is 11.3 Å². The Morgan fingerprint density at radius 1 is 1.10 bits per heavy atom. The van der Waals surface area contributed by atoms with E-state index in [-0.39, 0.29) is 11.8 Å². The lowest BCUT2D eigenvalue weighted by Gasteiger charge is -2.28. The number of rotatable bonds is 3. The molecule has 2 fully saturated rings. The van der Waals surface area contributed by atoms with E-state index in [1.807, 2.05) is 23.9 Å². The lowest BCUT2D eigenvalue weighted by atomic mass is 10.1. The molecule has 31 heavy (non-hydrogen) atoms. The summed E-state index contributed by atoms with van der Waals surface area (Å²) in [6.45, 7) is 4.61. The van der Waals surface area contributed by atoms with Crippen molar-refractivity contribution >= 4 is 28.4 Å². The minimum Gasteiger partial charge on any atom is -0.378 e. The van der Waals surface area contributed by atoms with Crippen LogP contribution in [0.25, 0.3) is 22.3 Å². The maximum atomic E-state index is 14.8. The van der Waals surface area contributed by atoms with Crippen molar-refractivity contribution < 1.29 is 13.9 Å². The Morgan fingerprint density at radius 3 is 2.65 bits per heavy atom. The molecule has 4 heterocycles. The Bertz CT molecular complexity index is 1120. The topological polar surface area (TPSA) is 62.6 Å². The summed E-state index contributed by atoms with van der Waals surface area (Å²) in [4.78, 5) is 21.1. The average molecular weight is 423 g/mol. The smallest absolute Gasteiger partial charge is 0.321 e. The Hall–Kier alpha value is -3.13. The van der Waals surface area contributed by atoms with Gasteiger partial charge >= 0.3 is 6.03 Å². The second-order valence-electron chi connectivity index (χ2n) is 8.11. The van der Waals surface area contributed by atoms with Crippen LogP contribution in [0.2, 0.25) is 0 Å². The van der Waals surface area contributed by atoms with Crippen molar-refractivity contribution in [1.82, 2.24) is 14.5 Å². The first-order valence-electron chi connectivity index (χ1n) is 10.7. The van der Waals surface area contributed by atoms with Gasteiger partial charge in [0.2, 0.25) is 0 Å². The van der Waals surface area contributed by atoms with Crippen LogP contribution in [0.1, 0.15) is 12.8 Å². The van der Waals surface area contributed by atoms with E-state index in [4.69, 9.17) is 4.74 Å². The first-order chi connectivity index (χ1) is 15.1. The van der Waals surface area contributed by atoms with E-state index >= 15 is 0 Å². The first kappa shape index (κ1) is 19.8. The summed E-state index contributed by atoms with van der Waals surface area (Å²) < 4.78 is 22.1. The summed E-state index contributed by atoms with van der Waals surface area (Å²) in [5.74, 6) is -0.335. The fourth-order valence-electron chi connectivity index (χ4n) is 4.38. The lowest BCUT2D eigenvalue weighted by molar-refractivity contribution is 0.122. The molecule has 0 saturated carbocycles. The molecule has 2 aliphatic rings. The quantitative estimate of drug-likeness (QED) is 0.695.